The monoisotopic (exact) mass is 419 g/mol. The Morgan fingerprint density at radius 3 is 2.50 bits per heavy atom. The van der Waals surface area contributed by atoms with Crippen LogP contribution >= 0.6 is 23.2 Å². The first-order valence-corrected chi connectivity index (χ1v) is 8.96. The first kappa shape index (κ1) is 19.9. The Kier molecular flexibility index (Phi) is 5.67. The quantitative estimate of drug-likeness (QED) is 0.654. The molecule has 144 valence electrons. The maximum atomic E-state index is 12.6. The molecule has 9 heteroatoms. The number of nitrogens with zero attached hydrogens (tertiary/aromatic N) is 2. The van der Waals surface area contributed by atoms with Crippen molar-refractivity contribution in [3.05, 3.63) is 68.6 Å². The minimum Gasteiger partial charge on any atom is -0.448 e. The van der Waals surface area contributed by atoms with Gasteiger partial charge < -0.3 is 10.1 Å². The van der Waals surface area contributed by atoms with E-state index in [1.54, 1.807) is 36.4 Å². The van der Waals surface area contributed by atoms with Gasteiger partial charge in [0.2, 0.25) is 0 Å². The standard InChI is InChI=1S/C19H15Cl2N3O4/c1-10(17(25)22-15-8-7-11(20)9-14(15)21)28-19(27)16-12-5-3-4-6-13(12)18(26)24(2)23-16/h3-10H,1-2H3,(H,22,25). The fourth-order valence-corrected chi connectivity index (χ4v) is 3.00. The number of hydrogen-bond acceptors (Lipinski definition) is 5. The van der Waals surface area contributed by atoms with E-state index in [-0.39, 0.29) is 16.3 Å². The second-order valence-electron chi connectivity index (χ2n) is 5.98. The second-order valence-corrected chi connectivity index (χ2v) is 6.83. The maximum Gasteiger partial charge on any atom is 0.360 e. The number of nitrogens with one attached hydrogen (secondary N) is 1. The summed E-state index contributed by atoms with van der Waals surface area (Å²) in [5.74, 6) is -1.40. The smallest absolute Gasteiger partial charge is 0.360 e. The molecule has 3 aromatic rings. The highest BCUT2D eigenvalue weighted by Crippen LogP contribution is 2.25. The average molecular weight is 420 g/mol. The molecule has 0 spiro atoms. The number of aryl methyl sites for hydroxylation is 1. The number of esters is 1. The lowest BCUT2D eigenvalue weighted by Gasteiger charge is -2.15. The number of aromatic nitrogens is 2. The van der Waals surface area contributed by atoms with Crippen molar-refractivity contribution in [3.63, 3.8) is 0 Å². The van der Waals surface area contributed by atoms with E-state index >= 15 is 0 Å². The minimum absolute atomic E-state index is 0.0538. The summed E-state index contributed by atoms with van der Waals surface area (Å²) in [7, 11) is 1.43. The van der Waals surface area contributed by atoms with E-state index in [0.29, 0.717) is 21.5 Å². The third-order valence-corrected chi connectivity index (χ3v) is 4.54. The van der Waals surface area contributed by atoms with Gasteiger partial charge in [-0.2, -0.15) is 5.10 Å². The molecule has 0 saturated heterocycles. The van der Waals surface area contributed by atoms with Crippen LogP contribution in [0.4, 0.5) is 5.69 Å². The summed E-state index contributed by atoms with van der Waals surface area (Å²) in [5.41, 5.74) is -0.0538. The minimum atomic E-state index is -1.13. The second kappa shape index (κ2) is 8.00. The molecule has 1 aromatic heterocycles. The first-order chi connectivity index (χ1) is 13.3. The van der Waals surface area contributed by atoms with E-state index in [2.05, 4.69) is 10.4 Å². The lowest BCUT2D eigenvalue weighted by Crippen LogP contribution is -2.31. The number of carbonyl (C=O) groups is 2. The van der Waals surface area contributed by atoms with Crippen LogP contribution in [0.5, 0.6) is 0 Å². The van der Waals surface area contributed by atoms with Gasteiger partial charge in [0.05, 0.1) is 16.1 Å². The molecular formula is C19H15Cl2N3O4. The highest BCUT2D eigenvalue weighted by atomic mass is 35.5. The molecule has 1 N–H and O–H groups in total. The van der Waals surface area contributed by atoms with Crippen molar-refractivity contribution in [2.24, 2.45) is 7.05 Å². The summed E-state index contributed by atoms with van der Waals surface area (Å²) in [5, 5.41) is 7.91. The van der Waals surface area contributed by atoms with Gasteiger partial charge in [-0.25, -0.2) is 9.48 Å². The fraction of sp³-hybridized carbons (Fsp3) is 0.158. The third-order valence-electron chi connectivity index (χ3n) is 3.99. The van der Waals surface area contributed by atoms with Gasteiger partial charge in [0.15, 0.2) is 11.8 Å². The van der Waals surface area contributed by atoms with E-state index in [0.717, 1.165) is 4.68 Å². The molecule has 1 amide bonds. The average Bonchev–Trinajstić information content (AvgIpc) is 2.66. The number of hydrogen-bond donors (Lipinski definition) is 1. The summed E-state index contributed by atoms with van der Waals surface area (Å²) in [6.45, 7) is 1.42. The molecule has 0 radical (unpaired) electrons. The van der Waals surface area contributed by atoms with E-state index in [1.165, 1.54) is 20.0 Å². The summed E-state index contributed by atoms with van der Waals surface area (Å²) < 4.78 is 6.29. The zero-order valence-electron chi connectivity index (χ0n) is 14.9. The molecule has 0 aliphatic heterocycles. The van der Waals surface area contributed by atoms with Crippen molar-refractivity contribution in [1.29, 1.82) is 0 Å². The van der Waals surface area contributed by atoms with Crippen molar-refractivity contribution in [3.8, 4) is 0 Å². The molecule has 0 fully saturated rings. The Bertz CT molecular complexity index is 1140. The highest BCUT2D eigenvalue weighted by molar-refractivity contribution is 6.36. The van der Waals surface area contributed by atoms with Crippen molar-refractivity contribution in [2.75, 3.05) is 5.32 Å². The number of anilines is 1. The van der Waals surface area contributed by atoms with Crippen LogP contribution in [-0.4, -0.2) is 27.8 Å². The van der Waals surface area contributed by atoms with Gasteiger partial charge in [-0.1, -0.05) is 41.4 Å². The van der Waals surface area contributed by atoms with Gasteiger partial charge in [-0.15, -0.1) is 0 Å². The van der Waals surface area contributed by atoms with Crippen LogP contribution < -0.4 is 10.9 Å². The van der Waals surface area contributed by atoms with E-state index in [4.69, 9.17) is 27.9 Å². The molecule has 0 saturated carbocycles. The number of benzene rings is 2. The molecule has 1 heterocycles. The van der Waals surface area contributed by atoms with E-state index in [1.807, 2.05) is 0 Å². The first-order valence-electron chi connectivity index (χ1n) is 8.21. The predicted molar refractivity (Wildman–Crippen MR) is 107 cm³/mol. The zero-order valence-corrected chi connectivity index (χ0v) is 16.4. The highest BCUT2D eigenvalue weighted by Gasteiger charge is 2.23. The topological polar surface area (TPSA) is 90.3 Å². The largest absolute Gasteiger partial charge is 0.448 e. The Balaban J connectivity index is 1.81. The van der Waals surface area contributed by atoms with Crippen molar-refractivity contribution < 1.29 is 14.3 Å². The molecule has 1 unspecified atom stereocenters. The lowest BCUT2D eigenvalue weighted by molar-refractivity contribution is -0.123. The van der Waals surface area contributed by atoms with Gasteiger partial charge in [-0.05, 0) is 31.2 Å². The Morgan fingerprint density at radius 2 is 1.82 bits per heavy atom. The molecule has 0 aliphatic carbocycles. The van der Waals surface area contributed by atoms with Crippen LogP contribution in [0.1, 0.15) is 17.4 Å². The van der Waals surface area contributed by atoms with Gasteiger partial charge >= 0.3 is 5.97 Å². The number of ether oxygens (including phenoxy) is 1. The van der Waals surface area contributed by atoms with Crippen molar-refractivity contribution >= 4 is 51.5 Å². The summed E-state index contributed by atoms with van der Waals surface area (Å²) in [6.07, 6.45) is -1.13. The van der Waals surface area contributed by atoms with Crippen LogP contribution in [-0.2, 0) is 16.6 Å². The van der Waals surface area contributed by atoms with Crippen LogP contribution in [0.2, 0.25) is 10.0 Å². The Labute approximate surface area is 169 Å². The molecule has 3 rings (SSSR count). The number of halogens is 2. The van der Waals surface area contributed by atoms with Crippen LogP contribution in [0.25, 0.3) is 10.8 Å². The summed E-state index contributed by atoms with van der Waals surface area (Å²) in [6, 6.07) is 11.1. The van der Waals surface area contributed by atoms with Gasteiger partial charge in [-0.3, -0.25) is 9.59 Å². The van der Waals surface area contributed by atoms with Gasteiger partial charge in [0, 0.05) is 17.5 Å². The number of rotatable bonds is 4. The molecule has 1 atom stereocenters. The normalized spacial score (nSPS) is 11.9. The predicted octanol–water partition coefficient (Wildman–Crippen LogP) is 3.42. The van der Waals surface area contributed by atoms with Crippen LogP contribution in [0, 0.1) is 0 Å². The zero-order chi connectivity index (χ0) is 20.4. The van der Waals surface area contributed by atoms with Crippen LogP contribution in [0.3, 0.4) is 0 Å². The Hall–Kier alpha value is -2.90. The van der Waals surface area contributed by atoms with Gasteiger partial charge in [0.1, 0.15) is 0 Å². The van der Waals surface area contributed by atoms with Crippen LogP contribution in [0.15, 0.2) is 47.3 Å². The molecular weight excluding hydrogens is 405 g/mol. The summed E-state index contributed by atoms with van der Waals surface area (Å²) in [4.78, 5) is 37.1. The molecule has 28 heavy (non-hydrogen) atoms. The van der Waals surface area contributed by atoms with Gasteiger partial charge in [0.25, 0.3) is 11.5 Å². The molecule has 7 nitrogen and oxygen atoms in total. The SMILES string of the molecule is CC(OC(=O)c1nn(C)c(=O)c2ccccc12)C(=O)Nc1ccc(Cl)cc1Cl. The molecule has 2 aromatic carbocycles. The number of carbonyl (C=O) groups excluding carboxylic acids is 2. The van der Waals surface area contributed by atoms with E-state index in [9.17, 15) is 14.4 Å². The Morgan fingerprint density at radius 1 is 1.14 bits per heavy atom. The fourth-order valence-electron chi connectivity index (χ4n) is 2.55. The maximum absolute atomic E-state index is 12.6. The van der Waals surface area contributed by atoms with Crippen molar-refractivity contribution in [2.45, 2.75) is 13.0 Å². The third kappa shape index (κ3) is 4.00. The van der Waals surface area contributed by atoms with Crippen molar-refractivity contribution in [1.82, 2.24) is 9.78 Å². The molecule has 0 aliphatic rings. The summed E-state index contributed by atoms with van der Waals surface area (Å²) >= 11 is 11.9. The van der Waals surface area contributed by atoms with E-state index < -0.39 is 18.0 Å². The number of amides is 1. The molecule has 0 bridgehead atoms. The number of fused-ring (bicyclic) bond motifs is 1. The lowest BCUT2D eigenvalue weighted by atomic mass is 10.1.